The van der Waals surface area contributed by atoms with Crippen LogP contribution in [0, 0.1) is 5.82 Å². The first-order valence-electron chi connectivity index (χ1n) is 8.86. The van der Waals surface area contributed by atoms with E-state index in [1.807, 2.05) is 0 Å². The number of fused-ring (bicyclic) bond motifs is 1. The minimum atomic E-state index is -4.60. The van der Waals surface area contributed by atoms with Crippen LogP contribution in [0.4, 0.5) is 17.6 Å². The Bertz CT molecular complexity index is 1130. The number of benzene rings is 1. The van der Waals surface area contributed by atoms with Gasteiger partial charge in [0.05, 0.1) is 16.8 Å². The molecule has 0 aliphatic carbocycles. The summed E-state index contributed by atoms with van der Waals surface area (Å²) in [6.45, 7) is 1.90. The van der Waals surface area contributed by atoms with Crippen molar-refractivity contribution in [3.63, 3.8) is 0 Å². The van der Waals surface area contributed by atoms with Crippen molar-refractivity contribution in [1.82, 2.24) is 24.6 Å². The van der Waals surface area contributed by atoms with E-state index in [0.29, 0.717) is 5.56 Å². The number of amides is 1. The third-order valence-electron chi connectivity index (χ3n) is 4.87. The molecule has 0 N–H and O–H groups in total. The first-order chi connectivity index (χ1) is 14.2. The first-order valence-corrected chi connectivity index (χ1v) is 9.24. The van der Waals surface area contributed by atoms with Crippen LogP contribution in [0.5, 0.6) is 0 Å². The minimum Gasteiger partial charge on any atom is -0.327 e. The molecular formula is C19H14ClF4N5O. The second-order valence-electron chi connectivity index (χ2n) is 6.91. The molecule has 0 fully saturated rings. The number of alkyl halides is 3. The fourth-order valence-electron chi connectivity index (χ4n) is 3.41. The van der Waals surface area contributed by atoms with E-state index in [1.165, 1.54) is 29.3 Å². The van der Waals surface area contributed by atoms with Crippen LogP contribution in [0.25, 0.3) is 11.4 Å². The van der Waals surface area contributed by atoms with E-state index >= 15 is 0 Å². The highest BCUT2D eigenvalue weighted by molar-refractivity contribution is 6.32. The summed E-state index contributed by atoms with van der Waals surface area (Å²) in [4.78, 5) is 18.1. The summed E-state index contributed by atoms with van der Waals surface area (Å²) in [5, 5.41) is 7.45. The summed E-state index contributed by atoms with van der Waals surface area (Å²) in [6.07, 6.45) is -2.14. The monoisotopic (exact) mass is 439 g/mol. The van der Waals surface area contributed by atoms with Gasteiger partial charge in [0.1, 0.15) is 5.82 Å². The number of halogens is 5. The quantitative estimate of drug-likeness (QED) is 0.574. The van der Waals surface area contributed by atoms with Crippen LogP contribution in [0.1, 0.15) is 28.7 Å². The topological polar surface area (TPSA) is 63.9 Å². The van der Waals surface area contributed by atoms with E-state index in [0.717, 1.165) is 12.3 Å². The Labute approximate surface area is 173 Å². The number of nitrogens with zero attached hydrogens (tertiary/aromatic N) is 5. The van der Waals surface area contributed by atoms with Gasteiger partial charge in [0.25, 0.3) is 5.91 Å². The van der Waals surface area contributed by atoms with E-state index in [4.69, 9.17) is 11.6 Å². The lowest BCUT2D eigenvalue weighted by atomic mass is 10.1. The van der Waals surface area contributed by atoms with Gasteiger partial charge in [-0.25, -0.2) is 4.39 Å². The van der Waals surface area contributed by atoms with Gasteiger partial charge in [0, 0.05) is 30.9 Å². The lowest BCUT2D eigenvalue weighted by Crippen LogP contribution is -2.46. The zero-order chi connectivity index (χ0) is 21.6. The number of rotatable bonds is 3. The molecule has 3 heterocycles. The van der Waals surface area contributed by atoms with Gasteiger partial charge in [-0.2, -0.15) is 13.2 Å². The predicted octanol–water partition coefficient (Wildman–Crippen LogP) is 4.20. The first kappa shape index (κ1) is 20.3. The summed E-state index contributed by atoms with van der Waals surface area (Å²) in [6, 6.07) is 4.42. The molecule has 1 atom stereocenters. The maximum Gasteiger partial charge on any atom is 0.417 e. The second kappa shape index (κ2) is 7.35. The smallest absolute Gasteiger partial charge is 0.327 e. The van der Waals surface area contributed by atoms with Gasteiger partial charge in [0.15, 0.2) is 5.82 Å². The van der Waals surface area contributed by atoms with E-state index in [2.05, 4.69) is 15.2 Å². The van der Waals surface area contributed by atoms with Crippen molar-refractivity contribution >= 4 is 17.5 Å². The molecule has 156 valence electrons. The van der Waals surface area contributed by atoms with Crippen molar-refractivity contribution in [2.45, 2.75) is 32.2 Å². The Hall–Kier alpha value is -3.01. The molecule has 4 rings (SSSR count). The summed E-state index contributed by atoms with van der Waals surface area (Å²) >= 11 is 5.97. The van der Waals surface area contributed by atoms with Crippen LogP contribution in [0.15, 0.2) is 36.7 Å². The molecule has 1 amide bonds. The molecule has 6 nitrogen and oxygen atoms in total. The van der Waals surface area contributed by atoms with Gasteiger partial charge < -0.3 is 9.47 Å². The molecule has 30 heavy (non-hydrogen) atoms. The van der Waals surface area contributed by atoms with Crippen molar-refractivity contribution < 1.29 is 22.4 Å². The van der Waals surface area contributed by atoms with Gasteiger partial charge in [-0.3, -0.25) is 9.78 Å². The molecule has 0 bridgehead atoms. The molecule has 0 radical (unpaired) electrons. The van der Waals surface area contributed by atoms with Crippen LogP contribution in [-0.2, 0) is 19.3 Å². The van der Waals surface area contributed by atoms with E-state index in [-0.39, 0.29) is 30.3 Å². The molecule has 1 aliphatic rings. The maximum atomic E-state index is 13.5. The Morgan fingerprint density at radius 3 is 2.63 bits per heavy atom. The summed E-state index contributed by atoms with van der Waals surface area (Å²) in [5.74, 6) is -0.768. The molecule has 3 aromatic rings. The Morgan fingerprint density at radius 2 is 1.93 bits per heavy atom. The third kappa shape index (κ3) is 3.51. The second-order valence-corrected chi connectivity index (χ2v) is 7.29. The summed E-state index contributed by atoms with van der Waals surface area (Å²) in [5.41, 5.74) is -0.417. The Balaban J connectivity index is 1.66. The summed E-state index contributed by atoms with van der Waals surface area (Å²) < 4.78 is 54.5. The van der Waals surface area contributed by atoms with Gasteiger partial charge in [-0.1, -0.05) is 23.7 Å². The van der Waals surface area contributed by atoms with Crippen molar-refractivity contribution in [1.29, 1.82) is 0 Å². The largest absolute Gasteiger partial charge is 0.417 e. The van der Waals surface area contributed by atoms with Gasteiger partial charge in [-0.15, -0.1) is 10.2 Å². The van der Waals surface area contributed by atoms with Crippen molar-refractivity contribution in [3.8, 4) is 11.4 Å². The normalized spacial score (nSPS) is 16.7. The minimum absolute atomic E-state index is 0.00968. The number of carbonyl (C=O) groups is 1. The standard InChI is InChI=1S/C19H14ClF4N5O/c1-10-8-29-16(12-5-13(21)7-25-6-12)26-27-17(29)18(30)28(10)9-11-3-2-4-14(15(11)20)19(22,23)24/h2-7,10H,8-9H2,1H3/t10-/m0/s1. The van der Waals surface area contributed by atoms with Crippen LogP contribution in [0.2, 0.25) is 5.02 Å². The molecule has 0 unspecified atom stereocenters. The van der Waals surface area contributed by atoms with Crippen LogP contribution in [-0.4, -0.2) is 36.6 Å². The van der Waals surface area contributed by atoms with Crippen LogP contribution in [0.3, 0.4) is 0 Å². The van der Waals surface area contributed by atoms with Crippen molar-refractivity contribution in [2.75, 3.05) is 0 Å². The fourth-order valence-corrected chi connectivity index (χ4v) is 3.70. The highest BCUT2D eigenvalue weighted by Crippen LogP contribution is 2.37. The average Bonchev–Trinajstić information content (AvgIpc) is 3.09. The lowest BCUT2D eigenvalue weighted by Gasteiger charge is -2.34. The van der Waals surface area contributed by atoms with E-state index < -0.39 is 34.5 Å². The molecule has 1 aliphatic heterocycles. The zero-order valence-electron chi connectivity index (χ0n) is 15.5. The molecule has 0 spiro atoms. The van der Waals surface area contributed by atoms with E-state index in [1.54, 1.807) is 11.5 Å². The van der Waals surface area contributed by atoms with E-state index in [9.17, 15) is 22.4 Å². The Morgan fingerprint density at radius 1 is 1.20 bits per heavy atom. The predicted molar refractivity (Wildman–Crippen MR) is 99.0 cm³/mol. The fraction of sp³-hybridized carbons (Fsp3) is 0.263. The summed E-state index contributed by atoms with van der Waals surface area (Å²) in [7, 11) is 0. The lowest BCUT2D eigenvalue weighted by molar-refractivity contribution is -0.137. The third-order valence-corrected chi connectivity index (χ3v) is 5.32. The average molecular weight is 440 g/mol. The van der Waals surface area contributed by atoms with Crippen LogP contribution < -0.4 is 0 Å². The van der Waals surface area contributed by atoms with Crippen LogP contribution >= 0.6 is 11.6 Å². The molecule has 2 aromatic heterocycles. The Kier molecular flexibility index (Phi) is 4.97. The highest BCUT2D eigenvalue weighted by atomic mass is 35.5. The molecular weight excluding hydrogens is 426 g/mol. The number of hydrogen-bond acceptors (Lipinski definition) is 4. The molecule has 0 saturated carbocycles. The number of carbonyl (C=O) groups excluding carboxylic acids is 1. The van der Waals surface area contributed by atoms with Gasteiger partial charge in [0.2, 0.25) is 5.82 Å². The van der Waals surface area contributed by atoms with Crippen molar-refractivity contribution in [3.05, 3.63) is 64.5 Å². The van der Waals surface area contributed by atoms with Crippen molar-refractivity contribution in [2.24, 2.45) is 0 Å². The number of pyridine rings is 1. The maximum absolute atomic E-state index is 13.5. The zero-order valence-corrected chi connectivity index (χ0v) is 16.2. The molecule has 0 saturated heterocycles. The van der Waals surface area contributed by atoms with Gasteiger partial charge in [-0.05, 0) is 24.6 Å². The highest BCUT2D eigenvalue weighted by Gasteiger charge is 2.37. The number of hydrogen-bond donors (Lipinski definition) is 0. The van der Waals surface area contributed by atoms with Gasteiger partial charge >= 0.3 is 6.18 Å². The molecule has 11 heteroatoms. The SMILES string of the molecule is C[C@H]1Cn2c(nnc2-c2cncc(F)c2)C(=O)N1Cc1cccc(C(F)(F)F)c1Cl. The number of aromatic nitrogens is 4. The molecule has 1 aromatic carbocycles.